The van der Waals surface area contributed by atoms with Gasteiger partial charge in [-0.2, -0.15) is 5.26 Å². The highest BCUT2D eigenvalue weighted by atomic mass is 35.5. The SMILES string of the molecule is Cc1c(Cl)cccc1Nc1nccc(N(C)C)c1C#N. The number of nitrogens with one attached hydrogen (secondary N) is 1. The average Bonchev–Trinajstić information content (AvgIpc) is 2.43. The molecule has 0 spiro atoms. The molecule has 102 valence electrons. The topological polar surface area (TPSA) is 52.0 Å². The van der Waals surface area contributed by atoms with Crippen molar-refractivity contribution >= 4 is 28.8 Å². The quantitative estimate of drug-likeness (QED) is 0.934. The zero-order valence-electron chi connectivity index (χ0n) is 11.6. The van der Waals surface area contributed by atoms with Crippen molar-refractivity contribution in [3.8, 4) is 6.07 Å². The highest BCUT2D eigenvalue weighted by Crippen LogP contribution is 2.29. The van der Waals surface area contributed by atoms with Crippen molar-refractivity contribution in [1.82, 2.24) is 4.98 Å². The summed E-state index contributed by atoms with van der Waals surface area (Å²) in [7, 11) is 3.79. The number of aromatic nitrogens is 1. The Morgan fingerprint density at radius 2 is 2.05 bits per heavy atom. The van der Waals surface area contributed by atoms with Crippen molar-refractivity contribution in [2.45, 2.75) is 6.92 Å². The summed E-state index contributed by atoms with van der Waals surface area (Å²) < 4.78 is 0. The van der Waals surface area contributed by atoms with E-state index in [1.165, 1.54) is 0 Å². The molecule has 0 saturated carbocycles. The first-order chi connectivity index (χ1) is 9.54. The molecule has 5 heteroatoms. The Kier molecular flexibility index (Phi) is 4.11. The van der Waals surface area contributed by atoms with Gasteiger partial charge in [0.05, 0.1) is 5.69 Å². The highest BCUT2D eigenvalue weighted by molar-refractivity contribution is 6.31. The summed E-state index contributed by atoms with van der Waals surface area (Å²) in [5.41, 5.74) is 3.11. The fraction of sp³-hybridized carbons (Fsp3) is 0.200. The summed E-state index contributed by atoms with van der Waals surface area (Å²) in [6.07, 6.45) is 1.68. The number of hydrogen-bond donors (Lipinski definition) is 1. The molecule has 0 atom stereocenters. The molecule has 1 N–H and O–H groups in total. The Labute approximate surface area is 123 Å². The van der Waals surface area contributed by atoms with Gasteiger partial charge < -0.3 is 10.2 Å². The van der Waals surface area contributed by atoms with Gasteiger partial charge in [-0.25, -0.2) is 4.98 Å². The summed E-state index contributed by atoms with van der Waals surface area (Å²) in [6.45, 7) is 1.92. The molecule has 20 heavy (non-hydrogen) atoms. The minimum atomic E-state index is 0.511. The van der Waals surface area contributed by atoms with E-state index in [4.69, 9.17) is 11.6 Å². The molecule has 0 aliphatic heterocycles. The van der Waals surface area contributed by atoms with Crippen LogP contribution in [0.25, 0.3) is 0 Å². The molecule has 0 aliphatic rings. The monoisotopic (exact) mass is 286 g/mol. The second kappa shape index (κ2) is 5.81. The van der Waals surface area contributed by atoms with Crippen LogP contribution >= 0.6 is 11.6 Å². The molecule has 0 aliphatic carbocycles. The number of rotatable bonds is 3. The van der Waals surface area contributed by atoms with Gasteiger partial charge in [0, 0.05) is 31.0 Å². The molecule has 0 bridgehead atoms. The lowest BCUT2D eigenvalue weighted by molar-refractivity contribution is 1.11. The predicted molar refractivity (Wildman–Crippen MR) is 82.8 cm³/mol. The van der Waals surface area contributed by atoms with Gasteiger partial charge in [-0.05, 0) is 30.7 Å². The minimum absolute atomic E-state index is 0.511. The summed E-state index contributed by atoms with van der Waals surface area (Å²) in [5, 5.41) is 13.2. The first-order valence-electron chi connectivity index (χ1n) is 6.13. The molecule has 0 amide bonds. The molecule has 4 nitrogen and oxygen atoms in total. The fourth-order valence-corrected chi connectivity index (χ4v) is 2.07. The van der Waals surface area contributed by atoms with Crippen LogP contribution in [0.5, 0.6) is 0 Å². The maximum absolute atomic E-state index is 9.37. The fourth-order valence-electron chi connectivity index (χ4n) is 1.90. The molecule has 1 aromatic carbocycles. The Morgan fingerprint density at radius 3 is 2.70 bits per heavy atom. The van der Waals surface area contributed by atoms with Crippen LogP contribution in [0.4, 0.5) is 17.2 Å². The minimum Gasteiger partial charge on any atom is -0.376 e. The Bertz CT molecular complexity index is 674. The highest BCUT2D eigenvalue weighted by Gasteiger charge is 2.12. The van der Waals surface area contributed by atoms with E-state index >= 15 is 0 Å². The van der Waals surface area contributed by atoms with Gasteiger partial charge in [-0.15, -0.1) is 0 Å². The predicted octanol–water partition coefficient (Wildman–Crippen LogP) is 3.72. The largest absolute Gasteiger partial charge is 0.376 e. The standard InChI is InChI=1S/C15H15ClN4/c1-10-12(16)5-4-6-13(10)19-15-11(9-17)14(20(2)3)7-8-18-15/h4-8H,1-3H3,(H,18,19). The van der Waals surface area contributed by atoms with Crippen LogP contribution in [0.2, 0.25) is 5.02 Å². The summed E-state index contributed by atoms with van der Waals surface area (Å²) >= 11 is 6.10. The molecule has 0 fully saturated rings. The van der Waals surface area contributed by atoms with E-state index in [9.17, 15) is 5.26 Å². The Balaban J connectivity index is 2.47. The summed E-state index contributed by atoms with van der Waals surface area (Å²) in [4.78, 5) is 6.14. The van der Waals surface area contributed by atoms with E-state index in [0.717, 1.165) is 16.9 Å². The van der Waals surface area contributed by atoms with Crippen LogP contribution < -0.4 is 10.2 Å². The third kappa shape index (κ3) is 2.68. The Hall–Kier alpha value is -2.25. The van der Waals surface area contributed by atoms with Crippen molar-refractivity contribution in [2.24, 2.45) is 0 Å². The van der Waals surface area contributed by atoms with Gasteiger partial charge in [0.15, 0.2) is 0 Å². The third-order valence-corrected chi connectivity index (χ3v) is 3.45. The second-order valence-corrected chi connectivity index (χ2v) is 5.00. The smallest absolute Gasteiger partial charge is 0.150 e. The third-order valence-electron chi connectivity index (χ3n) is 3.04. The van der Waals surface area contributed by atoms with Crippen LogP contribution in [0.15, 0.2) is 30.5 Å². The van der Waals surface area contributed by atoms with E-state index in [2.05, 4.69) is 16.4 Å². The second-order valence-electron chi connectivity index (χ2n) is 4.60. The van der Waals surface area contributed by atoms with Gasteiger partial charge in [-0.1, -0.05) is 17.7 Å². The molecule has 1 aromatic heterocycles. The van der Waals surface area contributed by atoms with Gasteiger partial charge in [0.1, 0.15) is 17.5 Å². The van der Waals surface area contributed by atoms with Crippen LogP contribution in [0, 0.1) is 18.3 Å². The molecule has 2 aromatic rings. The summed E-state index contributed by atoms with van der Waals surface area (Å²) in [6, 6.07) is 9.61. The number of hydrogen-bond acceptors (Lipinski definition) is 4. The number of halogens is 1. The van der Waals surface area contributed by atoms with Crippen LogP contribution in [0.3, 0.4) is 0 Å². The molecule has 1 heterocycles. The van der Waals surface area contributed by atoms with Gasteiger partial charge in [0.25, 0.3) is 0 Å². The molecule has 0 radical (unpaired) electrons. The van der Waals surface area contributed by atoms with E-state index in [-0.39, 0.29) is 0 Å². The van der Waals surface area contributed by atoms with E-state index in [1.807, 2.05) is 50.2 Å². The normalized spacial score (nSPS) is 9.95. The Morgan fingerprint density at radius 1 is 1.30 bits per heavy atom. The number of nitrogens with zero attached hydrogens (tertiary/aromatic N) is 3. The number of benzene rings is 1. The lowest BCUT2D eigenvalue weighted by Gasteiger charge is -2.17. The number of nitriles is 1. The number of anilines is 3. The van der Waals surface area contributed by atoms with Crippen molar-refractivity contribution in [2.75, 3.05) is 24.3 Å². The average molecular weight is 287 g/mol. The van der Waals surface area contributed by atoms with Gasteiger partial charge in [-0.3, -0.25) is 0 Å². The summed E-state index contributed by atoms with van der Waals surface area (Å²) in [5.74, 6) is 0.532. The van der Waals surface area contributed by atoms with Crippen LogP contribution in [0.1, 0.15) is 11.1 Å². The first kappa shape index (κ1) is 14.2. The van der Waals surface area contributed by atoms with Crippen molar-refractivity contribution in [3.05, 3.63) is 46.6 Å². The molecule has 2 rings (SSSR count). The molecular weight excluding hydrogens is 272 g/mol. The van der Waals surface area contributed by atoms with E-state index < -0.39 is 0 Å². The zero-order chi connectivity index (χ0) is 14.7. The molecule has 0 saturated heterocycles. The first-order valence-corrected chi connectivity index (χ1v) is 6.51. The maximum atomic E-state index is 9.37. The van der Waals surface area contributed by atoms with E-state index in [1.54, 1.807) is 6.20 Å². The maximum Gasteiger partial charge on any atom is 0.150 e. The van der Waals surface area contributed by atoms with Crippen molar-refractivity contribution in [1.29, 1.82) is 5.26 Å². The van der Waals surface area contributed by atoms with Crippen molar-refractivity contribution < 1.29 is 0 Å². The lowest BCUT2D eigenvalue weighted by atomic mass is 10.1. The molecular formula is C15H15ClN4. The zero-order valence-corrected chi connectivity index (χ0v) is 12.4. The van der Waals surface area contributed by atoms with Crippen LogP contribution in [-0.4, -0.2) is 19.1 Å². The molecule has 0 unspecified atom stereocenters. The van der Waals surface area contributed by atoms with Crippen molar-refractivity contribution in [3.63, 3.8) is 0 Å². The van der Waals surface area contributed by atoms with Gasteiger partial charge >= 0.3 is 0 Å². The number of pyridine rings is 1. The lowest BCUT2D eigenvalue weighted by Crippen LogP contribution is -2.12. The van der Waals surface area contributed by atoms with Gasteiger partial charge in [0.2, 0.25) is 0 Å². The van der Waals surface area contributed by atoms with E-state index in [0.29, 0.717) is 16.4 Å². The van der Waals surface area contributed by atoms with Crippen LogP contribution in [-0.2, 0) is 0 Å².